The molecule has 1 heterocycles. The van der Waals surface area contributed by atoms with Crippen molar-refractivity contribution in [2.45, 2.75) is 52.9 Å². The molecule has 3 heteroatoms. The first-order chi connectivity index (χ1) is 10.1. The van der Waals surface area contributed by atoms with Crippen LogP contribution in [0.1, 0.15) is 38.8 Å². The van der Waals surface area contributed by atoms with Gasteiger partial charge in [0.25, 0.3) is 0 Å². The Balaban J connectivity index is 1.83. The van der Waals surface area contributed by atoms with Crippen LogP contribution < -0.4 is 5.32 Å². The molecule has 1 fully saturated rings. The highest BCUT2D eigenvalue weighted by atomic mass is 15.3. The first-order valence-corrected chi connectivity index (χ1v) is 8.36. The number of hydrogen-bond acceptors (Lipinski definition) is 3. The maximum absolute atomic E-state index is 3.46. The molecular formula is C18H31N3. The van der Waals surface area contributed by atoms with Crippen LogP contribution in [-0.4, -0.2) is 48.1 Å². The largest absolute Gasteiger partial charge is 0.310 e. The average molecular weight is 289 g/mol. The third-order valence-corrected chi connectivity index (χ3v) is 4.40. The number of piperazine rings is 1. The molecule has 1 aliphatic heterocycles. The van der Waals surface area contributed by atoms with Gasteiger partial charge >= 0.3 is 0 Å². The molecule has 0 amide bonds. The van der Waals surface area contributed by atoms with Crippen LogP contribution in [0, 0.1) is 0 Å². The lowest BCUT2D eigenvalue weighted by Crippen LogP contribution is -2.51. The summed E-state index contributed by atoms with van der Waals surface area (Å²) in [5.74, 6) is 0. The second-order valence-corrected chi connectivity index (χ2v) is 6.56. The zero-order valence-electron chi connectivity index (χ0n) is 14.1. The minimum Gasteiger partial charge on any atom is -0.310 e. The molecule has 1 aliphatic rings. The van der Waals surface area contributed by atoms with Crippen LogP contribution in [-0.2, 0) is 13.1 Å². The highest BCUT2D eigenvalue weighted by Gasteiger charge is 2.21. The second kappa shape index (κ2) is 7.92. The molecule has 3 nitrogen and oxygen atoms in total. The molecule has 0 saturated carbocycles. The van der Waals surface area contributed by atoms with Crippen LogP contribution in [0.4, 0.5) is 0 Å². The smallest absolute Gasteiger partial charge is 0.0234 e. The van der Waals surface area contributed by atoms with Gasteiger partial charge in [-0.15, -0.1) is 0 Å². The molecule has 0 aliphatic carbocycles. The summed E-state index contributed by atoms with van der Waals surface area (Å²) in [7, 11) is 0. The van der Waals surface area contributed by atoms with E-state index in [1.807, 2.05) is 0 Å². The van der Waals surface area contributed by atoms with Crippen LogP contribution in [0.3, 0.4) is 0 Å². The van der Waals surface area contributed by atoms with Crippen LogP contribution in [0.15, 0.2) is 24.3 Å². The van der Waals surface area contributed by atoms with Gasteiger partial charge in [-0.1, -0.05) is 45.0 Å². The Morgan fingerprint density at radius 1 is 1.14 bits per heavy atom. The van der Waals surface area contributed by atoms with Gasteiger partial charge in [-0.25, -0.2) is 0 Å². The van der Waals surface area contributed by atoms with E-state index in [1.165, 1.54) is 37.3 Å². The molecule has 1 aromatic carbocycles. The van der Waals surface area contributed by atoms with E-state index in [1.54, 1.807) is 0 Å². The van der Waals surface area contributed by atoms with Crippen LogP contribution in [0.2, 0.25) is 0 Å². The normalized spacial score (nSPS) is 21.1. The van der Waals surface area contributed by atoms with Gasteiger partial charge in [-0.05, 0) is 24.6 Å². The van der Waals surface area contributed by atoms with Gasteiger partial charge in [-0.2, -0.15) is 0 Å². The zero-order chi connectivity index (χ0) is 15.2. The van der Waals surface area contributed by atoms with Gasteiger partial charge in [0, 0.05) is 44.8 Å². The van der Waals surface area contributed by atoms with Crippen molar-refractivity contribution in [3.63, 3.8) is 0 Å². The van der Waals surface area contributed by atoms with E-state index in [-0.39, 0.29) is 0 Å². The quantitative estimate of drug-likeness (QED) is 0.869. The topological polar surface area (TPSA) is 18.5 Å². The Morgan fingerprint density at radius 3 is 2.38 bits per heavy atom. The van der Waals surface area contributed by atoms with Crippen molar-refractivity contribution < 1.29 is 0 Å². The van der Waals surface area contributed by atoms with Gasteiger partial charge in [0.05, 0.1) is 0 Å². The lowest BCUT2D eigenvalue weighted by molar-refractivity contribution is 0.0834. The van der Waals surface area contributed by atoms with E-state index in [4.69, 9.17) is 0 Å². The van der Waals surface area contributed by atoms with Crippen molar-refractivity contribution >= 4 is 0 Å². The van der Waals surface area contributed by atoms with Crippen molar-refractivity contribution in [3.05, 3.63) is 35.4 Å². The molecule has 21 heavy (non-hydrogen) atoms. The van der Waals surface area contributed by atoms with E-state index in [2.05, 4.69) is 67.1 Å². The molecule has 1 atom stereocenters. The molecule has 0 spiro atoms. The van der Waals surface area contributed by atoms with Gasteiger partial charge in [-0.3, -0.25) is 9.80 Å². The fourth-order valence-corrected chi connectivity index (χ4v) is 3.03. The van der Waals surface area contributed by atoms with Gasteiger partial charge in [0.2, 0.25) is 0 Å². The summed E-state index contributed by atoms with van der Waals surface area (Å²) in [6, 6.07) is 10.3. The van der Waals surface area contributed by atoms with Crippen LogP contribution in [0.5, 0.6) is 0 Å². The maximum atomic E-state index is 3.46. The molecule has 0 bridgehead atoms. The summed E-state index contributed by atoms with van der Waals surface area (Å²) in [6.45, 7) is 15.8. The van der Waals surface area contributed by atoms with Gasteiger partial charge < -0.3 is 5.32 Å². The van der Waals surface area contributed by atoms with E-state index in [0.29, 0.717) is 12.1 Å². The number of nitrogens with one attached hydrogen (secondary N) is 1. The molecule has 1 saturated heterocycles. The Labute approximate surface area is 130 Å². The van der Waals surface area contributed by atoms with Crippen molar-refractivity contribution in [2.75, 3.05) is 26.2 Å². The summed E-state index contributed by atoms with van der Waals surface area (Å²) in [5.41, 5.74) is 2.80. The minimum atomic E-state index is 0.543. The predicted octanol–water partition coefficient (Wildman–Crippen LogP) is 2.71. The number of rotatable bonds is 6. The lowest BCUT2D eigenvalue weighted by atomic mass is 10.1. The van der Waals surface area contributed by atoms with E-state index in [0.717, 1.165) is 13.1 Å². The minimum absolute atomic E-state index is 0.543. The molecule has 0 radical (unpaired) electrons. The maximum Gasteiger partial charge on any atom is 0.0234 e. The summed E-state index contributed by atoms with van der Waals surface area (Å²) in [4.78, 5) is 5.15. The highest BCUT2D eigenvalue weighted by Crippen LogP contribution is 2.13. The Hall–Kier alpha value is -0.900. The number of likely N-dealkylation sites (N-methyl/N-ethyl adjacent to an activating group) is 1. The second-order valence-electron chi connectivity index (χ2n) is 6.56. The average Bonchev–Trinajstić information content (AvgIpc) is 2.47. The fourth-order valence-electron chi connectivity index (χ4n) is 3.03. The Bertz CT molecular complexity index is 413. The number of nitrogens with zero attached hydrogens (tertiary/aromatic N) is 2. The Kier molecular flexibility index (Phi) is 6.22. The lowest BCUT2D eigenvalue weighted by Gasteiger charge is -2.39. The van der Waals surface area contributed by atoms with E-state index >= 15 is 0 Å². The molecule has 118 valence electrons. The third kappa shape index (κ3) is 5.10. The SMILES string of the molecule is CCN1CCN(Cc2ccc(CNC(C)C)cc2)CC1C. The van der Waals surface area contributed by atoms with E-state index in [9.17, 15) is 0 Å². The first-order valence-electron chi connectivity index (χ1n) is 8.36. The summed E-state index contributed by atoms with van der Waals surface area (Å²) >= 11 is 0. The van der Waals surface area contributed by atoms with Crippen LogP contribution in [0.25, 0.3) is 0 Å². The van der Waals surface area contributed by atoms with Crippen molar-refractivity contribution in [1.82, 2.24) is 15.1 Å². The summed E-state index contributed by atoms with van der Waals surface area (Å²) in [6.07, 6.45) is 0. The molecule has 2 rings (SSSR count). The molecule has 1 aromatic rings. The molecule has 0 aromatic heterocycles. The van der Waals surface area contributed by atoms with Crippen molar-refractivity contribution in [1.29, 1.82) is 0 Å². The standard InChI is InChI=1S/C18H31N3/c1-5-21-11-10-20(13-16(21)4)14-18-8-6-17(7-9-18)12-19-15(2)3/h6-9,15-16,19H,5,10-14H2,1-4H3. The molecule has 1 unspecified atom stereocenters. The third-order valence-electron chi connectivity index (χ3n) is 4.40. The van der Waals surface area contributed by atoms with Gasteiger partial charge in [0.1, 0.15) is 0 Å². The highest BCUT2D eigenvalue weighted by molar-refractivity contribution is 5.22. The predicted molar refractivity (Wildman–Crippen MR) is 90.4 cm³/mol. The monoisotopic (exact) mass is 289 g/mol. The van der Waals surface area contributed by atoms with Crippen LogP contribution >= 0.6 is 0 Å². The zero-order valence-corrected chi connectivity index (χ0v) is 14.1. The van der Waals surface area contributed by atoms with E-state index < -0.39 is 0 Å². The number of hydrogen-bond donors (Lipinski definition) is 1. The molecule has 1 N–H and O–H groups in total. The fraction of sp³-hybridized carbons (Fsp3) is 0.667. The number of benzene rings is 1. The summed E-state index contributed by atoms with van der Waals surface area (Å²) in [5, 5.41) is 3.46. The first kappa shape index (κ1) is 16.5. The van der Waals surface area contributed by atoms with Crippen molar-refractivity contribution in [3.8, 4) is 0 Å². The Morgan fingerprint density at radius 2 is 1.81 bits per heavy atom. The van der Waals surface area contributed by atoms with Gasteiger partial charge in [0.15, 0.2) is 0 Å². The van der Waals surface area contributed by atoms with Crippen molar-refractivity contribution in [2.24, 2.45) is 0 Å². The molecular weight excluding hydrogens is 258 g/mol. The summed E-state index contributed by atoms with van der Waals surface area (Å²) < 4.78 is 0.